The summed E-state index contributed by atoms with van der Waals surface area (Å²) < 4.78 is 0. The number of benzene rings is 2. The molecule has 5 nitrogen and oxygen atoms in total. The quantitative estimate of drug-likeness (QED) is 0.823. The van der Waals surface area contributed by atoms with Crippen LogP contribution >= 0.6 is 11.6 Å². The van der Waals surface area contributed by atoms with Gasteiger partial charge in [0.1, 0.15) is 0 Å². The number of ketones is 1. The van der Waals surface area contributed by atoms with Crippen LogP contribution in [0.2, 0.25) is 5.02 Å². The van der Waals surface area contributed by atoms with Gasteiger partial charge in [-0.1, -0.05) is 29.8 Å². The van der Waals surface area contributed by atoms with Crippen LogP contribution in [0.3, 0.4) is 0 Å². The fourth-order valence-corrected chi connectivity index (χ4v) is 3.47. The molecule has 1 aliphatic heterocycles. The van der Waals surface area contributed by atoms with E-state index in [9.17, 15) is 14.4 Å². The average Bonchev–Trinajstić information content (AvgIpc) is 2.73. The molecule has 6 heteroatoms. The van der Waals surface area contributed by atoms with Crippen LogP contribution in [-0.4, -0.2) is 42.6 Å². The number of nitrogens with one attached hydrogen (secondary N) is 1. The van der Waals surface area contributed by atoms with Crippen LogP contribution in [0.1, 0.15) is 39.1 Å². The van der Waals surface area contributed by atoms with Gasteiger partial charge in [0.15, 0.2) is 5.78 Å². The highest BCUT2D eigenvalue weighted by Gasteiger charge is 2.29. The van der Waals surface area contributed by atoms with Crippen molar-refractivity contribution in [3.63, 3.8) is 0 Å². The van der Waals surface area contributed by atoms with E-state index in [0.29, 0.717) is 47.6 Å². The zero-order chi connectivity index (χ0) is 19.4. The molecule has 0 aliphatic carbocycles. The van der Waals surface area contributed by atoms with Crippen LogP contribution in [0.25, 0.3) is 0 Å². The minimum atomic E-state index is -0.212. The van der Waals surface area contributed by atoms with Gasteiger partial charge in [0.05, 0.1) is 5.56 Å². The van der Waals surface area contributed by atoms with Crippen molar-refractivity contribution >= 4 is 29.2 Å². The van der Waals surface area contributed by atoms with Gasteiger partial charge in [-0.3, -0.25) is 14.4 Å². The molecule has 0 aromatic heterocycles. The second-order valence-corrected chi connectivity index (χ2v) is 7.00. The zero-order valence-electron chi connectivity index (χ0n) is 15.1. The Labute approximate surface area is 163 Å². The minimum Gasteiger partial charge on any atom is -0.359 e. The van der Waals surface area contributed by atoms with E-state index >= 15 is 0 Å². The third-order valence-electron chi connectivity index (χ3n) is 4.91. The summed E-state index contributed by atoms with van der Waals surface area (Å²) in [7, 11) is 1.62. The van der Waals surface area contributed by atoms with Crippen molar-refractivity contribution in [1.29, 1.82) is 0 Å². The summed E-state index contributed by atoms with van der Waals surface area (Å²) >= 11 is 5.89. The lowest BCUT2D eigenvalue weighted by molar-refractivity contribution is -0.125. The first-order valence-electron chi connectivity index (χ1n) is 8.91. The number of carbonyl (C=O) groups excluding carboxylic acids is 3. The molecule has 0 saturated carbocycles. The summed E-state index contributed by atoms with van der Waals surface area (Å²) in [6.07, 6.45) is 1.25. The van der Waals surface area contributed by atoms with Gasteiger partial charge in [-0.05, 0) is 43.2 Å². The van der Waals surface area contributed by atoms with Crippen LogP contribution in [-0.2, 0) is 4.79 Å². The molecule has 2 aromatic carbocycles. The topological polar surface area (TPSA) is 66.5 Å². The Balaban J connectivity index is 1.79. The van der Waals surface area contributed by atoms with E-state index in [4.69, 9.17) is 11.6 Å². The molecule has 1 saturated heterocycles. The largest absolute Gasteiger partial charge is 0.359 e. The SMILES string of the molecule is CNC(=O)C1CCN(C(=O)c2ccccc2C(=O)c2ccc(Cl)cc2)CC1. The number of amides is 2. The summed E-state index contributed by atoms with van der Waals surface area (Å²) in [5.41, 5.74) is 1.24. The fourth-order valence-electron chi connectivity index (χ4n) is 3.34. The zero-order valence-corrected chi connectivity index (χ0v) is 15.8. The third kappa shape index (κ3) is 4.19. The number of piperidine rings is 1. The number of nitrogens with zero attached hydrogens (tertiary/aromatic N) is 1. The molecule has 3 rings (SSSR count). The van der Waals surface area contributed by atoms with Gasteiger partial charge < -0.3 is 10.2 Å². The van der Waals surface area contributed by atoms with Gasteiger partial charge in [-0.25, -0.2) is 0 Å². The van der Waals surface area contributed by atoms with Gasteiger partial charge in [0.2, 0.25) is 5.91 Å². The molecule has 140 valence electrons. The molecular formula is C21H21ClN2O3. The highest BCUT2D eigenvalue weighted by Crippen LogP contribution is 2.22. The van der Waals surface area contributed by atoms with Crippen molar-refractivity contribution in [2.75, 3.05) is 20.1 Å². The smallest absolute Gasteiger partial charge is 0.254 e. The fraction of sp³-hybridized carbons (Fsp3) is 0.286. The van der Waals surface area contributed by atoms with Crippen molar-refractivity contribution in [3.05, 3.63) is 70.2 Å². The summed E-state index contributed by atoms with van der Waals surface area (Å²) in [4.78, 5) is 39.4. The Hall–Kier alpha value is -2.66. The van der Waals surface area contributed by atoms with Gasteiger partial charge in [-0.2, -0.15) is 0 Å². The van der Waals surface area contributed by atoms with Crippen LogP contribution in [0.5, 0.6) is 0 Å². The molecule has 2 aromatic rings. The molecular weight excluding hydrogens is 364 g/mol. The number of carbonyl (C=O) groups is 3. The lowest BCUT2D eigenvalue weighted by atomic mass is 9.94. The Morgan fingerprint density at radius 2 is 1.56 bits per heavy atom. The van der Waals surface area contributed by atoms with Crippen molar-refractivity contribution in [2.45, 2.75) is 12.8 Å². The maximum atomic E-state index is 13.0. The summed E-state index contributed by atoms with van der Waals surface area (Å²) in [6.45, 7) is 1.00. The standard InChI is InChI=1S/C21H21ClN2O3/c1-23-20(26)15-10-12-24(13-11-15)21(27)18-5-3-2-4-17(18)19(25)14-6-8-16(22)9-7-14/h2-9,15H,10-13H2,1H3,(H,23,26). The first kappa shape index (κ1) is 19.1. The van der Waals surface area contributed by atoms with Crippen LogP contribution in [0.4, 0.5) is 0 Å². The van der Waals surface area contributed by atoms with Crippen LogP contribution in [0.15, 0.2) is 48.5 Å². The Morgan fingerprint density at radius 1 is 0.963 bits per heavy atom. The van der Waals surface area contributed by atoms with Crippen molar-refractivity contribution in [1.82, 2.24) is 10.2 Å². The maximum absolute atomic E-state index is 13.0. The number of likely N-dealkylation sites (tertiary alicyclic amines) is 1. The third-order valence-corrected chi connectivity index (χ3v) is 5.16. The molecule has 1 heterocycles. The van der Waals surface area contributed by atoms with E-state index in [1.807, 2.05) is 0 Å². The van der Waals surface area contributed by atoms with Gasteiger partial charge in [0.25, 0.3) is 5.91 Å². The molecule has 27 heavy (non-hydrogen) atoms. The highest BCUT2D eigenvalue weighted by molar-refractivity contribution is 6.30. The summed E-state index contributed by atoms with van der Waals surface area (Å²) in [6, 6.07) is 13.5. The first-order chi connectivity index (χ1) is 13.0. The van der Waals surface area contributed by atoms with E-state index in [2.05, 4.69) is 5.32 Å². The monoisotopic (exact) mass is 384 g/mol. The summed E-state index contributed by atoms with van der Waals surface area (Å²) in [5, 5.41) is 3.21. The van der Waals surface area contributed by atoms with Crippen LogP contribution < -0.4 is 5.32 Å². The van der Waals surface area contributed by atoms with Crippen molar-refractivity contribution in [3.8, 4) is 0 Å². The van der Waals surface area contributed by atoms with E-state index in [0.717, 1.165) is 0 Å². The van der Waals surface area contributed by atoms with E-state index in [1.165, 1.54) is 0 Å². The number of halogens is 1. The lowest BCUT2D eigenvalue weighted by Gasteiger charge is -2.31. The van der Waals surface area contributed by atoms with Gasteiger partial charge in [-0.15, -0.1) is 0 Å². The molecule has 0 atom stereocenters. The number of rotatable bonds is 4. The molecule has 0 bridgehead atoms. The predicted octanol–water partition coefficient (Wildman–Crippen LogP) is 3.17. The van der Waals surface area contributed by atoms with Crippen molar-refractivity contribution in [2.24, 2.45) is 5.92 Å². The maximum Gasteiger partial charge on any atom is 0.254 e. The highest BCUT2D eigenvalue weighted by atomic mass is 35.5. The Kier molecular flexibility index (Phi) is 5.91. The van der Waals surface area contributed by atoms with Gasteiger partial charge >= 0.3 is 0 Å². The first-order valence-corrected chi connectivity index (χ1v) is 9.29. The molecule has 0 spiro atoms. The lowest BCUT2D eigenvalue weighted by Crippen LogP contribution is -2.42. The molecule has 1 N–H and O–H groups in total. The molecule has 1 fully saturated rings. The van der Waals surface area contributed by atoms with E-state index < -0.39 is 0 Å². The number of hydrogen-bond acceptors (Lipinski definition) is 3. The Bertz CT molecular complexity index is 856. The second kappa shape index (κ2) is 8.35. The summed E-state index contributed by atoms with van der Waals surface area (Å²) in [5.74, 6) is -0.440. The minimum absolute atomic E-state index is 0.0143. The average molecular weight is 385 g/mol. The molecule has 2 amide bonds. The van der Waals surface area contributed by atoms with Gasteiger partial charge in [0, 0.05) is 42.2 Å². The Morgan fingerprint density at radius 3 is 2.15 bits per heavy atom. The van der Waals surface area contributed by atoms with E-state index in [-0.39, 0.29) is 23.5 Å². The normalized spacial score (nSPS) is 14.7. The molecule has 0 radical (unpaired) electrons. The second-order valence-electron chi connectivity index (χ2n) is 6.56. The van der Waals surface area contributed by atoms with Crippen molar-refractivity contribution < 1.29 is 14.4 Å². The van der Waals surface area contributed by atoms with E-state index in [1.54, 1.807) is 60.5 Å². The number of hydrogen-bond donors (Lipinski definition) is 1. The predicted molar refractivity (Wildman–Crippen MR) is 104 cm³/mol. The molecule has 0 unspecified atom stereocenters. The molecule has 1 aliphatic rings. The van der Waals surface area contributed by atoms with Crippen LogP contribution in [0, 0.1) is 5.92 Å².